The third-order valence-corrected chi connectivity index (χ3v) is 6.74. The number of anilines is 1. The summed E-state index contributed by atoms with van der Waals surface area (Å²) in [5, 5.41) is 0. The van der Waals surface area contributed by atoms with Gasteiger partial charge in [-0.05, 0) is 47.9 Å². The Balaban J connectivity index is 1.65. The van der Waals surface area contributed by atoms with Gasteiger partial charge < -0.3 is 10.6 Å². The molecule has 154 valence electrons. The first-order chi connectivity index (χ1) is 14.4. The molecule has 0 spiro atoms. The molecule has 1 amide bonds. The average molecular weight is 422 g/mol. The van der Waals surface area contributed by atoms with Crippen molar-refractivity contribution in [1.29, 1.82) is 0 Å². The number of nitrogens with zero attached hydrogens (tertiary/aromatic N) is 1. The van der Waals surface area contributed by atoms with Gasteiger partial charge in [0, 0.05) is 30.4 Å². The lowest BCUT2D eigenvalue weighted by Crippen LogP contribution is -2.48. The van der Waals surface area contributed by atoms with E-state index in [0.717, 1.165) is 16.8 Å². The van der Waals surface area contributed by atoms with Crippen molar-refractivity contribution in [3.8, 4) is 0 Å². The van der Waals surface area contributed by atoms with Crippen LogP contribution in [0, 0.1) is 0 Å². The van der Waals surface area contributed by atoms with Gasteiger partial charge >= 0.3 is 0 Å². The fraction of sp³-hybridized carbons (Fsp3) is 0.174. The summed E-state index contributed by atoms with van der Waals surface area (Å²) in [5.41, 5.74) is 8.87. The van der Waals surface area contributed by atoms with Crippen LogP contribution < -0.4 is 15.4 Å². The van der Waals surface area contributed by atoms with Crippen LogP contribution in [0.4, 0.5) is 5.69 Å². The number of fused-ring (bicyclic) bond motifs is 1. The van der Waals surface area contributed by atoms with Crippen molar-refractivity contribution in [1.82, 2.24) is 4.72 Å². The number of hydrogen-bond acceptors (Lipinski definition) is 4. The lowest BCUT2D eigenvalue weighted by Gasteiger charge is -2.36. The van der Waals surface area contributed by atoms with Crippen LogP contribution in [-0.4, -0.2) is 26.9 Å². The van der Waals surface area contributed by atoms with Gasteiger partial charge in [-0.1, -0.05) is 48.5 Å². The van der Waals surface area contributed by atoms with Gasteiger partial charge in [0.25, 0.3) is 0 Å². The van der Waals surface area contributed by atoms with E-state index >= 15 is 0 Å². The first kappa shape index (κ1) is 20.1. The summed E-state index contributed by atoms with van der Waals surface area (Å²) in [6.07, 6.45) is 0.480. The molecule has 0 aromatic heterocycles. The number of nitrogens with two attached hydrogens (primary N) is 1. The van der Waals surface area contributed by atoms with Crippen molar-refractivity contribution in [2.75, 3.05) is 11.4 Å². The van der Waals surface area contributed by atoms with Gasteiger partial charge in [0.2, 0.25) is 15.9 Å². The molecule has 3 aromatic carbocycles. The highest BCUT2D eigenvalue weighted by Crippen LogP contribution is 2.30. The maximum atomic E-state index is 12.8. The topological polar surface area (TPSA) is 92.5 Å². The zero-order valence-electron chi connectivity index (χ0n) is 16.4. The number of carbonyl (C=O) groups is 1. The predicted molar refractivity (Wildman–Crippen MR) is 117 cm³/mol. The molecule has 0 fully saturated rings. The second-order valence-corrected chi connectivity index (χ2v) is 9.12. The number of sulfonamides is 1. The molecule has 0 saturated heterocycles. The van der Waals surface area contributed by atoms with Crippen LogP contribution in [0.25, 0.3) is 0 Å². The van der Waals surface area contributed by atoms with E-state index in [1.165, 1.54) is 0 Å². The Bertz CT molecular complexity index is 1150. The van der Waals surface area contributed by atoms with Crippen molar-refractivity contribution < 1.29 is 13.2 Å². The van der Waals surface area contributed by atoms with Crippen LogP contribution in [0.5, 0.6) is 0 Å². The highest BCUT2D eigenvalue weighted by molar-refractivity contribution is 7.89. The van der Waals surface area contributed by atoms with Crippen LogP contribution in [-0.2, 0) is 23.0 Å². The van der Waals surface area contributed by atoms with E-state index < -0.39 is 15.9 Å². The number of nitrogens with one attached hydrogen (secondary N) is 1. The van der Waals surface area contributed by atoms with Gasteiger partial charge in [-0.25, -0.2) is 13.1 Å². The zero-order valence-corrected chi connectivity index (χ0v) is 17.2. The second kappa shape index (κ2) is 8.30. The molecular formula is C23H23N3O3S. The molecule has 1 aliphatic heterocycles. The van der Waals surface area contributed by atoms with Gasteiger partial charge in [0.05, 0.1) is 4.90 Å². The van der Waals surface area contributed by atoms with Crippen molar-refractivity contribution in [2.45, 2.75) is 23.9 Å². The average Bonchev–Trinajstić information content (AvgIpc) is 2.74. The van der Waals surface area contributed by atoms with E-state index in [4.69, 9.17) is 5.73 Å². The van der Waals surface area contributed by atoms with Gasteiger partial charge in [-0.15, -0.1) is 0 Å². The minimum Gasteiger partial charge on any atom is -0.366 e. The van der Waals surface area contributed by atoms with Crippen LogP contribution in [0.15, 0.2) is 83.8 Å². The fourth-order valence-corrected chi connectivity index (χ4v) is 5.07. The Kier molecular flexibility index (Phi) is 5.57. The number of amides is 1. The molecule has 3 aromatic rings. The van der Waals surface area contributed by atoms with E-state index in [2.05, 4.69) is 9.62 Å². The smallest absolute Gasteiger partial charge is 0.248 e. The summed E-state index contributed by atoms with van der Waals surface area (Å²) in [7, 11) is -3.65. The second-order valence-electron chi connectivity index (χ2n) is 7.41. The molecule has 1 atom stereocenters. The Morgan fingerprint density at radius 1 is 1.00 bits per heavy atom. The standard InChI is InChI=1S/C23H23N3O3S/c24-23(27)18-11-12-22-19(13-18)14-20(16-26(22)15-17-7-3-1-4-8-17)25-30(28,29)21-9-5-2-6-10-21/h1-13,20,25H,14-16H2,(H2,24,27). The maximum Gasteiger partial charge on any atom is 0.248 e. The third-order valence-electron chi connectivity index (χ3n) is 5.20. The molecule has 3 N–H and O–H groups in total. The number of rotatable bonds is 6. The van der Waals surface area contributed by atoms with Crippen molar-refractivity contribution >= 4 is 21.6 Å². The first-order valence-electron chi connectivity index (χ1n) is 9.71. The molecule has 0 bridgehead atoms. The molecule has 1 aliphatic rings. The Labute approximate surface area is 176 Å². The van der Waals surface area contributed by atoms with E-state index in [1.807, 2.05) is 36.4 Å². The minimum atomic E-state index is -3.65. The van der Waals surface area contributed by atoms with Gasteiger partial charge in [0.15, 0.2) is 0 Å². The Morgan fingerprint density at radius 2 is 1.67 bits per heavy atom. The largest absolute Gasteiger partial charge is 0.366 e. The third kappa shape index (κ3) is 4.37. The van der Waals surface area contributed by atoms with E-state index in [-0.39, 0.29) is 10.9 Å². The summed E-state index contributed by atoms with van der Waals surface area (Å²) in [6, 6.07) is 23.4. The van der Waals surface area contributed by atoms with E-state index in [1.54, 1.807) is 42.5 Å². The first-order valence-corrected chi connectivity index (χ1v) is 11.2. The summed E-state index contributed by atoms with van der Waals surface area (Å²) in [5.74, 6) is -0.501. The quantitative estimate of drug-likeness (QED) is 0.640. The van der Waals surface area contributed by atoms with Gasteiger partial charge in [-0.3, -0.25) is 4.79 Å². The maximum absolute atomic E-state index is 12.8. The molecule has 30 heavy (non-hydrogen) atoms. The highest BCUT2D eigenvalue weighted by atomic mass is 32.2. The summed E-state index contributed by atoms with van der Waals surface area (Å²) in [4.78, 5) is 14.0. The Hall–Kier alpha value is -3.16. The lowest BCUT2D eigenvalue weighted by atomic mass is 9.95. The molecule has 0 aliphatic carbocycles. The molecule has 1 unspecified atom stereocenters. The van der Waals surface area contributed by atoms with E-state index in [9.17, 15) is 13.2 Å². The van der Waals surface area contributed by atoms with Gasteiger partial charge in [-0.2, -0.15) is 0 Å². The predicted octanol–water partition coefficient (Wildman–Crippen LogP) is 2.70. The minimum absolute atomic E-state index is 0.233. The normalized spacial score (nSPS) is 16.1. The molecular weight excluding hydrogens is 398 g/mol. The summed E-state index contributed by atoms with van der Waals surface area (Å²) < 4.78 is 28.5. The molecule has 4 rings (SSSR count). The van der Waals surface area contributed by atoms with Crippen molar-refractivity contribution in [3.63, 3.8) is 0 Å². The summed E-state index contributed by atoms with van der Waals surface area (Å²) in [6.45, 7) is 1.15. The number of hydrogen-bond donors (Lipinski definition) is 2. The van der Waals surface area contributed by atoms with Crippen LogP contribution in [0.3, 0.4) is 0 Å². The molecule has 0 saturated carbocycles. The monoisotopic (exact) mass is 421 g/mol. The molecule has 6 nitrogen and oxygen atoms in total. The highest BCUT2D eigenvalue weighted by Gasteiger charge is 2.29. The van der Waals surface area contributed by atoms with Crippen molar-refractivity contribution in [3.05, 3.63) is 95.6 Å². The molecule has 0 radical (unpaired) electrons. The lowest BCUT2D eigenvalue weighted by molar-refractivity contribution is 0.1000. The van der Waals surface area contributed by atoms with Crippen molar-refractivity contribution in [2.24, 2.45) is 5.73 Å². The number of carbonyl (C=O) groups excluding carboxylic acids is 1. The molecule has 1 heterocycles. The number of benzene rings is 3. The van der Waals surface area contributed by atoms with Crippen LogP contribution in [0.2, 0.25) is 0 Å². The number of primary amides is 1. The zero-order chi connectivity index (χ0) is 21.1. The van der Waals surface area contributed by atoms with Crippen LogP contribution >= 0.6 is 0 Å². The van der Waals surface area contributed by atoms with Crippen LogP contribution in [0.1, 0.15) is 21.5 Å². The SMILES string of the molecule is NC(=O)c1ccc2c(c1)CC(NS(=O)(=O)c1ccccc1)CN2Cc1ccccc1. The van der Waals surface area contributed by atoms with E-state index in [0.29, 0.717) is 25.1 Å². The summed E-state index contributed by atoms with van der Waals surface area (Å²) >= 11 is 0. The Morgan fingerprint density at radius 3 is 2.33 bits per heavy atom. The molecule has 7 heteroatoms. The van der Waals surface area contributed by atoms with Gasteiger partial charge in [0.1, 0.15) is 0 Å². The fourth-order valence-electron chi connectivity index (χ4n) is 3.82.